The number of nitro groups is 1. The highest BCUT2D eigenvalue weighted by atomic mass is 32.2. The first-order valence-electron chi connectivity index (χ1n) is 3.88. The van der Waals surface area contributed by atoms with Crippen molar-refractivity contribution in [2.75, 3.05) is 0 Å². The lowest BCUT2D eigenvalue weighted by Crippen LogP contribution is -2.14. The van der Waals surface area contributed by atoms with Crippen LogP contribution in [0.15, 0.2) is 24.3 Å². The van der Waals surface area contributed by atoms with Gasteiger partial charge in [-0.25, -0.2) is 0 Å². The summed E-state index contributed by atoms with van der Waals surface area (Å²) >= 11 is 0. The number of nitro benzene ring substituents is 1. The lowest BCUT2D eigenvalue weighted by atomic mass is 10.1. The number of carbonyl (C=O) groups excluding carboxylic acids is 1. The summed E-state index contributed by atoms with van der Waals surface area (Å²) in [4.78, 5) is 20.9. The van der Waals surface area contributed by atoms with E-state index in [2.05, 4.69) is 0 Å². The van der Waals surface area contributed by atoms with Crippen LogP contribution < -0.4 is 0 Å². The molecule has 0 bridgehead atoms. The largest absolute Gasteiger partial charge is 0.345 e. The van der Waals surface area contributed by atoms with Crippen LogP contribution in [0.1, 0.15) is 10.4 Å². The average molecular weight is 243 g/mol. The molecule has 0 unspecified atom stereocenters. The summed E-state index contributed by atoms with van der Waals surface area (Å²) in [5, 5.41) is 17.9. The second-order valence-electron chi connectivity index (χ2n) is 2.68. The molecule has 0 spiro atoms. The maximum Gasteiger partial charge on any atom is 0.270 e. The summed E-state index contributed by atoms with van der Waals surface area (Å²) in [6.07, 6.45) is 0. The molecule has 0 amide bonds. The molecule has 16 heavy (non-hydrogen) atoms. The average Bonchev–Trinajstić information content (AvgIpc) is 2.27. The number of benzene rings is 1. The molecule has 0 radical (unpaired) electrons. The molecule has 8 heteroatoms. The maximum absolute atomic E-state index is 11.3. The van der Waals surface area contributed by atoms with E-state index in [4.69, 9.17) is 5.11 Å². The van der Waals surface area contributed by atoms with E-state index >= 15 is 0 Å². The van der Waals surface area contributed by atoms with Crippen LogP contribution in [0.5, 0.6) is 0 Å². The molecule has 7 nitrogen and oxygen atoms in total. The van der Waals surface area contributed by atoms with Crippen molar-refractivity contribution in [2.24, 2.45) is 0 Å². The first-order chi connectivity index (χ1) is 7.43. The summed E-state index contributed by atoms with van der Waals surface area (Å²) in [5.41, 5.74) is -0.633. The molecule has 0 fully saturated rings. The minimum absolute atomic E-state index is 0.268. The van der Waals surface area contributed by atoms with Gasteiger partial charge in [-0.3, -0.25) is 14.9 Å². The summed E-state index contributed by atoms with van der Waals surface area (Å²) in [5.74, 6) is -1.18. The van der Waals surface area contributed by atoms with E-state index in [0.29, 0.717) is 0 Å². The molecule has 1 rings (SSSR count). The number of aliphatic hydroxyl groups is 1. The van der Waals surface area contributed by atoms with Gasteiger partial charge in [0.1, 0.15) is 0 Å². The van der Waals surface area contributed by atoms with Gasteiger partial charge in [-0.15, -0.1) is 0 Å². The number of Topliss-reactive ketones (excluding diaryl/α,β-unsaturated/α-hetero) is 1. The predicted molar refractivity (Wildman–Crippen MR) is 54.0 cm³/mol. The zero-order valence-electron chi connectivity index (χ0n) is 7.65. The molecule has 0 saturated carbocycles. The molecule has 84 valence electrons. The van der Waals surface area contributed by atoms with Gasteiger partial charge in [0.25, 0.3) is 5.69 Å². The van der Waals surface area contributed by atoms with Crippen LogP contribution in [0, 0.1) is 10.1 Å². The van der Waals surface area contributed by atoms with E-state index in [1.165, 1.54) is 12.1 Å². The Morgan fingerprint density at radius 1 is 1.38 bits per heavy atom. The molecule has 0 aliphatic carbocycles. The van der Waals surface area contributed by atoms with E-state index in [0.717, 1.165) is 12.1 Å². The highest BCUT2D eigenvalue weighted by molar-refractivity contribution is 7.74. The summed E-state index contributed by atoms with van der Waals surface area (Å²) in [6.45, 7) is 0. The Kier molecular flexibility index (Phi) is 3.48. The molecule has 0 heterocycles. The minimum atomic E-state index is -3.06. The van der Waals surface area contributed by atoms with Crippen molar-refractivity contribution >= 4 is 26.8 Å². The number of ketones is 1. The van der Waals surface area contributed by atoms with Gasteiger partial charge < -0.3 is 5.11 Å². The van der Waals surface area contributed by atoms with Gasteiger partial charge in [-0.2, -0.15) is 8.42 Å². The van der Waals surface area contributed by atoms with Gasteiger partial charge >= 0.3 is 0 Å². The topological polar surface area (TPSA) is 115 Å². The van der Waals surface area contributed by atoms with Crippen LogP contribution >= 0.6 is 0 Å². The van der Waals surface area contributed by atoms with Crippen LogP contribution in [0.2, 0.25) is 0 Å². The van der Waals surface area contributed by atoms with Crippen LogP contribution in [0.25, 0.3) is 0 Å². The van der Waals surface area contributed by atoms with Gasteiger partial charge in [0.05, 0.1) is 4.92 Å². The van der Waals surface area contributed by atoms with Crippen molar-refractivity contribution in [3.05, 3.63) is 39.9 Å². The maximum atomic E-state index is 11.3. The van der Waals surface area contributed by atoms with Crippen molar-refractivity contribution < 1.29 is 23.2 Å². The van der Waals surface area contributed by atoms with Crippen molar-refractivity contribution in [2.45, 2.75) is 0 Å². The summed E-state index contributed by atoms with van der Waals surface area (Å²) in [7, 11) is -3.06. The van der Waals surface area contributed by atoms with Gasteiger partial charge in [0.15, 0.2) is 0 Å². The molecule has 0 aliphatic rings. The molecule has 0 saturated heterocycles. The number of rotatable bonds is 3. The molecule has 0 aromatic heterocycles. The quantitative estimate of drug-likeness (QED) is 0.354. The molecule has 0 aliphatic heterocycles. The zero-order chi connectivity index (χ0) is 12.3. The lowest BCUT2D eigenvalue weighted by molar-refractivity contribution is -0.384. The first kappa shape index (κ1) is 12.0. The Balaban J connectivity index is 3.26. The van der Waals surface area contributed by atoms with Gasteiger partial charge in [-0.05, 0) is 0 Å². The standard InChI is InChI=1S/C8H5NO6S/c10-7(8(11)16(14)15)5-2-1-3-6(4-5)9(12)13/h1-4,11H. The molecule has 0 atom stereocenters. The van der Waals surface area contributed by atoms with Crippen molar-refractivity contribution in [3.63, 3.8) is 0 Å². The smallest absolute Gasteiger partial charge is 0.270 e. The highest BCUT2D eigenvalue weighted by Crippen LogP contribution is 2.13. The fraction of sp³-hybridized carbons (Fsp3) is 0. The van der Waals surface area contributed by atoms with E-state index < -0.39 is 26.1 Å². The second-order valence-corrected chi connectivity index (χ2v) is 3.53. The second kappa shape index (κ2) is 4.64. The fourth-order valence-corrected chi connectivity index (χ4v) is 1.23. The number of carbonyl (C=O) groups is 1. The Hall–Kier alpha value is -2.06. The normalized spacial score (nSPS) is 9.56. The number of aliphatic hydroxyl groups excluding tert-OH is 1. The van der Waals surface area contributed by atoms with Crippen molar-refractivity contribution in [1.82, 2.24) is 0 Å². The number of nitrogens with zero attached hydrogens (tertiary/aromatic N) is 1. The first-order valence-corrected chi connectivity index (χ1v) is 4.95. The van der Waals surface area contributed by atoms with E-state index in [-0.39, 0.29) is 11.3 Å². The van der Waals surface area contributed by atoms with Crippen LogP contribution in [0.3, 0.4) is 0 Å². The van der Waals surface area contributed by atoms with Gasteiger partial charge in [0, 0.05) is 17.7 Å². The zero-order valence-corrected chi connectivity index (χ0v) is 8.47. The number of hydrogen-bond acceptors (Lipinski definition) is 5. The molecule has 1 aromatic rings. The van der Waals surface area contributed by atoms with E-state index in [9.17, 15) is 23.3 Å². The monoisotopic (exact) mass is 243 g/mol. The number of hydrogen-bond donors (Lipinski definition) is 1. The van der Waals surface area contributed by atoms with Crippen LogP contribution in [-0.2, 0) is 10.3 Å². The molecule has 1 aromatic carbocycles. The Bertz CT molecular complexity index is 580. The SMILES string of the molecule is O=C(C(O)=S(=O)=O)c1cccc([N+](=O)[O-])c1. The fourth-order valence-electron chi connectivity index (χ4n) is 0.960. The Labute approximate surface area is 90.6 Å². The minimum Gasteiger partial charge on any atom is -0.345 e. The van der Waals surface area contributed by atoms with Crippen LogP contribution in [-0.4, -0.2) is 29.3 Å². The third-order valence-corrected chi connectivity index (χ3v) is 2.17. The Morgan fingerprint density at radius 3 is 2.50 bits per heavy atom. The number of non-ortho nitro benzene ring substituents is 1. The highest BCUT2D eigenvalue weighted by Gasteiger charge is 2.16. The van der Waals surface area contributed by atoms with Crippen LogP contribution in [0.4, 0.5) is 5.69 Å². The van der Waals surface area contributed by atoms with E-state index in [1.54, 1.807) is 0 Å². The van der Waals surface area contributed by atoms with Crippen molar-refractivity contribution in [1.29, 1.82) is 0 Å². The third kappa shape index (κ3) is 2.49. The van der Waals surface area contributed by atoms with Gasteiger partial charge in [-0.1, -0.05) is 12.1 Å². The third-order valence-electron chi connectivity index (χ3n) is 1.67. The predicted octanol–water partition coefficient (Wildman–Crippen LogP) is 0.344. The Morgan fingerprint density at radius 2 is 2.00 bits per heavy atom. The van der Waals surface area contributed by atoms with E-state index in [1.807, 2.05) is 0 Å². The summed E-state index contributed by atoms with van der Waals surface area (Å²) < 4.78 is 20.6. The molecular weight excluding hydrogens is 238 g/mol. The van der Waals surface area contributed by atoms with Crippen molar-refractivity contribution in [3.8, 4) is 0 Å². The lowest BCUT2D eigenvalue weighted by Gasteiger charge is -1.96. The molecule has 1 N–H and O–H groups in total. The summed E-state index contributed by atoms with van der Waals surface area (Å²) in [6, 6.07) is 4.40. The molecular formula is C8H5NO6S. The van der Waals surface area contributed by atoms with Gasteiger partial charge in [0.2, 0.25) is 21.1 Å².